The van der Waals surface area contributed by atoms with E-state index >= 15 is 0 Å². The number of fused-ring (bicyclic) bond motifs is 1. The predicted octanol–water partition coefficient (Wildman–Crippen LogP) is 2.91. The van der Waals surface area contributed by atoms with Gasteiger partial charge >= 0.3 is 0 Å². The van der Waals surface area contributed by atoms with Gasteiger partial charge in [-0.25, -0.2) is 0 Å². The van der Waals surface area contributed by atoms with Gasteiger partial charge in [0.15, 0.2) is 17.8 Å². The molecule has 108 valence electrons. The molecular formula is C16H14O5. The van der Waals surface area contributed by atoms with E-state index in [0.717, 1.165) is 11.8 Å². The van der Waals surface area contributed by atoms with E-state index in [2.05, 4.69) is 0 Å². The van der Waals surface area contributed by atoms with Crippen LogP contribution >= 0.6 is 0 Å². The molecule has 0 N–H and O–H groups in total. The number of aldehydes is 1. The number of methoxy groups -OCH3 is 2. The van der Waals surface area contributed by atoms with Crippen molar-refractivity contribution in [3.8, 4) is 34.1 Å². The third-order valence-electron chi connectivity index (χ3n) is 3.35. The minimum Gasteiger partial charge on any atom is -0.497 e. The van der Waals surface area contributed by atoms with Crippen LogP contribution in [-0.4, -0.2) is 27.3 Å². The molecule has 0 unspecified atom stereocenters. The van der Waals surface area contributed by atoms with Crippen molar-refractivity contribution in [2.24, 2.45) is 0 Å². The summed E-state index contributed by atoms with van der Waals surface area (Å²) >= 11 is 0. The minimum absolute atomic E-state index is 0.207. The monoisotopic (exact) mass is 286 g/mol. The smallest absolute Gasteiger partial charge is 0.231 e. The van der Waals surface area contributed by atoms with Crippen LogP contribution in [0, 0.1) is 0 Å². The van der Waals surface area contributed by atoms with Crippen molar-refractivity contribution in [1.82, 2.24) is 0 Å². The van der Waals surface area contributed by atoms with E-state index in [1.807, 2.05) is 18.2 Å². The molecule has 0 saturated carbocycles. The van der Waals surface area contributed by atoms with Gasteiger partial charge in [-0.1, -0.05) is 6.07 Å². The Morgan fingerprint density at radius 2 is 1.86 bits per heavy atom. The Labute approximate surface area is 122 Å². The van der Waals surface area contributed by atoms with Crippen molar-refractivity contribution in [2.45, 2.75) is 0 Å². The average molecular weight is 286 g/mol. The van der Waals surface area contributed by atoms with Crippen LogP contribution in [0.3, 0.4) is 0 Å². The standard InChI is InChI=1S/C16H14O5/c1-18-12-5-11(8-17)16(15(7-12)19-2)10-3-4-13-14(6-10)21-9-20-13/h3-8H,9H2,1-2H3. The lowest BCUT2D eigenvalue weighted by atomic mass is 9.98. The van der Waals surface area contributed by atoms with Gasteiger partial charge in [0.25, 0.3) is 0 Å². The fourth-order valence-electron chi connectivity index (χ4n) is 2.34. The summed E-state index contributed by atoms with van der Waals surface area (Å²) in [6.07, 6.45) is 0.783. The highest BCUT2D eigenvalue weighted by Crippen LogP contribution is 2.41. The lowest BCUT2D eigenvalue weighted by Crippen LogP contribution is -1.96. The molecule has 0 aliphatic carbocycles. The molecule has 3 rings (SSSR count). The average Bonchev–Trinajstić information content (AvgIpc) is 3.00. The fourth-order valence-corrected chi connectivity index (χ4v) is 2.34. The Morgan fingerprint density at radius 1 is 1.05 bits per heavy atom. The maximum absolute atomic E-state index is 11.4. The molecule has 0 atom stereocenters. The fraction of sp³-hybridized carbons (Fsp3) is 0.188. The first-order valence-corrected chi connectivity index (χ1v) is 6.38. The number of ether oxygens (including phenoxy) is 4. The highest BCUT2D eigenvalue weighted by Gasteiger charge is 2.18. The van der Waals surface area contributed by atoms with Crippen molar-refractivity contribution in [1.29, 1.82) is 0 Å². The molecule has 5 heteroatoms. The van der Waals surface area contributed by atoms with Crippen LogP contribution in [0.1, 0.15) is 10.4 Å². The zero-order chi connectivity index (χ0) is 14.8. The summed E-state index contributed by atoms with van der Waals surface area (Å²) in [6, 6.07) is 8.93. The number of rotatable bonds is 4. The van der Waals surface area contributed by atoms with Crippen LogP contribution in [0.4, 0.5) is 0 Å². The van der Waals surface area contributed by atoms with E-state index < -0.39 is 0 Å². The number of carbonyl (C=O) groups excluding carboxylic acids is 1. The summed E-state index contributed by atoms with van der Waals surface area (Å²) in [4.78, 5) is 11.4. The predicted molar refractivity (Wildman–Crippen MR) is 76.5 cm³/mol. The largest absolute Gasteiger partial charge is 0.497 e. The van der Waals surface area contributed by atoms with Crippen LogP contribution in [-0.2, 0) is 0 Å². The molecule has 5 nitrogen and oxygen atoms in total. The second-order valence-electron chi connectivity index (χ2n) is 4.48. The molecule has 1 heterocycles. The number of benzene rings is 2. The van der Waals surface area contributed by atoms with Crippen LogP contribution in [0.15, 0.2) is 30.3 Å². The molecule has 21 heavy (non-hydrogen) atoms. The number of carbonyl (C=O) groups is 1. The van der Waals surface area contributed by atoms with Crippen molar-refractivity contribution in [3.63, 3.8) is 0 Å². The third kappa shape index (κ3) is 2.27. The molecule has 0 amide bonds. The Bertz CT molecular complexity index is 693. The van der Waals surface area contributed by atoms with E-state index in [1.54, 1.807) is 26.4 Å². The third-order valence-corrected chi connectivity index (χ3v) is 3.35. The van der Waals surface area contributed by atoms with Gasteiger partial charge < -0.3 is 18.9 Å². The Morgan fingerprint density at radius 3 is 2.57 bits per heavy atom. The van der Waals surface area contributed by atoms with Gasteiger partial charge in [-0.2, -0.15) is 0 Å². The molecule has 2 aromatic carbocycles. The molecule has 0 radical (unpaired) electrons. The van der Waals surface area contributed by atoms with Crippen LogP contribution in [0.2, 0.25) is 0 Å². The van der Waals surface area contributed by atoms with Crippen molar-refractivity contribution in [2.75, 3.05) is 21.0 Å². The maximum atomic E-state index is 11.4. The highest BCUT2D eigenvalue weighted by molar-refractivity contribution is 5.92. The van der Waals surface area contributed by atoms with Crippen LogP contribution < -0.4 is 18.9 Å². The maximum Gasteiger partial charge on any atom is 0.231 e. The van der Waals surface area contributed by atoms with Gasteiger partial charge in [-0.05, 0) is 23.8 Å². The summed E-state index contributed by atoms with van der Waals surface area (Å²) in [5.41, 5.74) is 2.01. The molecule has 0 fully saturated rings. The normalized spacial score (nSPS) is 12.1. The van der Waals surface area contributed by atoms with E-state index in [9.17, 15) is 4.79 Å². The van der Waals surface area contributed by atoms with E-state index in [4.69, 9.17) is 18.9 Å². The highest BCUT2D eigenvalue weighted by atomic mass is 16.7. The van der Waals surface area contributed by atoms with Crippen molar-refractivity contribution >= 4 is 6.29 Å². The molecule has 1 aliphatic heterocycles. The quantitative estimate of drug-likeness (QED) is 0.809. The Kier molecular flexibility index (Phi) is 3.39. The Hall–Kier alpha value is -2.69. The molecule has 0 aromatic heterocycles. The van der Waals surface area contributed by atoms with Gasteiger partial charge in [0.1, 0.15) is 11.5 Å². The summed E-state index contributed by atoms with van der Waals surface area (Å²) in [5, 5.41) is 0. The second kappa shape index (κ2) is 5.36. The summed E-state index contributed by atoms with van der Waals surface area (Å²) in [6.45, 7) is 0.207. The van der Waals surface area contributed by atoms with Gasteiger partial charge in [-0.15, -0.1) is 0 Å². The number of hydrogen-bond donors (Lipinski definition) is 0. The van der Waals surface area contributed by atoms with Crippen molar-refractivity contribution in [3.05, 3.63) is 35.9 Å². The van der Waals surface area contributed by atoms with Gasteiger partial charge in [0.05, 0.1) is 14.2 Å². The topological polar surface area (TPSA) is 54.0 Å². The van der Waals surface area contributed by atoms with E-state index in [1.165, 1.54) is 0 Å². The minimum atomic E-state index is 0.207. The SMILES string of the molecule is COc1cc(C=O)c(-c2ccc3c(c2)OCO3)c(OC)c1. The molecule has 1 aliphatic rings. The first-order chi connectivity index (χ1) is 10.3. The molecule has 0 spiro atoms. The first-order valence-electron chi connectivity index (χ1n) is 6.38. The van der Waals surface area contributed by atoms with E-state index in [0.29, 0.717) is 34.1 Å². The van der Waals surface area contributed by atoms with Gasteiger partial charge in [0, 0.05) is 17.2 Å². The van der Waals surface area contributed by atoms with Crippen LogP contribution in [0.25, 0.3) is 11.1 Å². The van der Waals surface area contributed by atoms with Crippen LogP contribution in [0.5, 0.6) is 23.0 Å². The first kappa shape index (κ1) is 13.3. The second-order valence-corrected chi connectivity index (χ2v) is 4.48. The molecular weight excluding hydrogens is 272 g/mol. The van der Waals surface area contributed by atoms with E-state index in [-0.39, 0.29) is 6.79 Å². The summed E-state index contributed by atoms with van der Waals surface area (Å²) in [7, 11) is 3.10. The summed E-state index contributed by atoms with van der Waals surface area (Å²) < 4.78 is 21.2. The Balaban J connectivity index is 2.18. The van der Waals surface area contributed by atoms with Crippen molar-refractivity contribution < 1.29 is 23.7 Å². The molecule has 0 saturated heterocycles. The molecule has 0 bridgehead atoms. The zero-order valence-electron chi connectivity index (χ0n) is 11.7. The van der Waals surface area contributed by atoms with Gasteiger partial charge in [0.2, 0.25) is 6.79 Å². The number of hydrogen-bond acceptors (Lipinski definition) is 5. The lowest BCUT2D eigenvalue weighted by molar-refractivity contribution is 0.112. The zero-order valence-corrected chi connectivity index (χ0v) is 11.7. The molecule has 2 aromatic rings. The van der Waals surface area contributed by atoms with Gasteiger partial charge in [-0.3, -0.25) is 4.79 Å². The summed E-state index contributed by atoms with van der Waals surface area (Å²) in [5.74, 6) is 2.48. The lowest BCUT2D eigenvalue weighted by Gasteiger charge is -2.13.